The minimum absolute atomic E-state index is 0.0477. The summed E-state index contributed by atoms with van der Waals surface area (Å²) in [4.78, 5) is 13.7. The van der Waals surface area contributed by atoms with Gasteiger partial charge in [-0.25, -0.2) is 17.2 Å². The minimum atomic E-state index is -3.94. The molecule has 0 spiro atoms. The van der Waals surface area contributed by atoms with E-state index in [9.17, 15) is 22.0 Å². The van der Waals surface area contributed by atoms with Crippen molar-refractivity contribution in [2.75, 3.05) is 23.3 Å². The summed E-state index contributed by atoms with van der Waals surface area (Å²) in [5.41, 5.74) is 0.369. The van der Waals surface area contributed by atoms with Gasteiger partial charge in [0, 0.05) is 30.2 Å². The Hall–Kier alpha value is -2.78. The van der Waals surface area contributed by atoms with Gasteiger partial charge in [0.1, 0.15) is 11.6 Å². The Morgan fingerprint density at radius 2 is 1.60 bits per heavy atom. The molecule has 5 nitrogen and oxygen atoms in total. The number of carbonyl (C=O) groups excluding carboxylic acids is 1. The Bertz CT molecular complexity index is 1200. The first kappa shape index (κ1) is 21.9. The van der Waals surface area contributed by atoms with E-state index in [1.165, 1.54) is 38.4 Å². The van der Waals surface area contributed by atoms with Crippen LogP contribution in [0.5, 0.6) is 0 Å². The van der Waals surface area contributed by atoms with Crippen LogP contribution < -0.4 is 9.21 Å². The van der Waals surface area contributed by atoms with Gasteiger partial charge in [0.2, 0.25) is 0 Å². The maximum Gasteiger partial charge on any atom is 0.264 e. The maximum absolute atomic E-state index is 14.0. The van der Waals surface area contributed by atoms with Gasteiger partial charge < -0.3 is 4.90 Å². The predicted molar refractivity (Wildman–Crippen MR) is 115 cm³/mol. The van der Waals surface area contributed by atoms with Crippen LogP contribution in [0.4, 0.5) is 20.2 Å². The van der Waals surface area contributed by atoms with Crippen molar-refractivity contribution in [3.8, 4) is 0 Å². The van der Waals surface area contributed by atoms with Crippen molar-refractivity contribution < 1.29 is 22.0 Å². The van der Waals surface area contributed by atoms with Gasteiger partial charge >= 0.3 is 0 Å². The normalized spacial score (nSPS) is 11.2. The standard InChI is InChI=1S/C21H17BrF2N2O3S/c1-25(20-11-8-16(23)13-19(20)24)21(27)14-4-3-5-18(12-14)30(28,29)26(2)17-9-6-15(22)7-10-17/h3-13H,1-2H3. The molecule has 0 unspecified atom stereocenters. The lowest BCUT2D eigenvalue weighted by Crippen LogP contribution is -2.29. The quantitative estimate of drug-likeness (QED) is 0.510. The molecule has 0 aromatic heterocycles. The third-order valence-corrected chi connectivity index (χ3v) is 6.82. The van der Waals surface area contributed by atoms with Gasteiger partial charge in [-0.2, -0.15) is 0 Å². The molecule has 0 aliphatic carbocycles. The number of carbonyl (C=O) groups is 1. The van der Waals surface area contributed by atoms with Crippen molar-refractivity contribution in [1.29, 1.82) is 0 Å². The number of hydrogen-bond acceptors (Lipinski definition) is 3. The van der Waals surface area contributed by atoms with Crippen LogP contribution in [-0.2, 0) is 10.0 Å². The highest BCUT2D eigenvalue weighted by Crippen LogP contribution is 2.26. The first-order valence-corrected chi connectivity index (χ1v) is 10.9. The molecule has 0 aliphatic rings. The lowest BCUT2D eigenvalue weighted by molar-refractivity contribution is 0.0992. The van der Waals surface area contributed by atoms with Crippen LogP contribution in [0.2, 0.25) is 0 Å². The molecule has 3 aromatic carbocycles. The highest BCUT2D eigenvalue weighted by molar-refractivity contribution is 9.10. The average Bonchev–Trinajstić information content (AvgIpc) is 2.73. The van der Waals surface area contributed by atoms with Gasteiger partial charge in [-0.15, -0.1) is 0 Å². The van der Waals surface area contributed by atoms with Crippen LogP contribution in [0.25, 0.3) is 0 Å². The van der Waals surface area contributed by atoms with Gasteiger partial charge in [-0.05, 0) is 54.6 Å². The highest BCUT2D eigenvalue weighted by Gasteiger charge is 2.24. The van der Waals surface area contributed by atoms with E-state index in [0.29, 0.717) is 11.8 Å². The van der Waals surface area contributed by atoms with Crippen LogP contribution in [0, 0.1) is 11.6 Å². The predicted octanol–water partition coefficient (Wildman–Crippen LogP) is 4.83. The number of anilines is 2. The molecule has 0 saturated carbocycles. The molecule has 0 aliphatic heterocycles. The summed E-state index contributed by atoms with van der Waals surface area (Å²) in [6.07, 6.45) is 0. The summed E-state index contributed by atoms with van der Waals surface area (Å²) in [6.45, 7) is 0. The van der Waals surface area contributed by atoms with Crippen LogP contribution in [0.1, 0.15) is 10.4 Å². The van der Waals surface area contributed by atoms with Crippen molar-refractivity contribution in [2.45, 2.75) is 4.90 Å². The molecule has 3 rings (SSSR count). The first-order valence-electron chi connectivity index (χ1n) is 8.69. The number of rotatable bonds is 5. The van der Waals surface area contributed by atoms with E-state index in [0.717, 1.165) is 25.8 Å². The largest absolute Gasteiger partial charge is 0.309 e. The molecule has 0 radical (unpaired) electrons. The molecule has 1 amide bonds. The van der Waals surface area contributed by atoms with E-state index in [1.807, 2.05) is 0 Å². The fourth-order valence-electron chi connectivity index (χ4n) is 2.79. The van der Waals surface area contributed by atoms with E-state index >= 15 is 0 Å². The molecule has 156 valence electrons. The Morgan fingerprint density at radius 1 is 0.933 bits per heavy atom. The average molecular weight is 495 g/mol. The molecular weight excluding hydrogens is 478 g/mol. The molecule has 3 aromatic rings. The molecule has 9 heteroatoms. The number of nitrogens with zero attached hydrogens (tertiary/aromatic N) is 2. The van der Waals surface area contributed by atoms with Gasteiger partial charge in [-0.3, -0.25) is 9.10 Å². The number of sulfonamides is 1. The van der Waals surface area contributed by atoms with Crippen molar-refractivity contribution >= 4 is 43.2 Å². The third-order valence-electron chi connectivity index (χ3n) is 4.51. The molecule has 0 bridgehead atoms. The minimum Gasteiger partial charge on any atom is -0.309 e. The van der Waals surface area contributed by atoms with Crippen molar-refractivity contribution in [3.63, 3.8) is 0 Å². The molecule has 0 N–H and O–H groups in total. The number of hydrogen-bond donors (Lipinski definition) is 0. The van der Waals surface area contributed by atoms with Gasteiger partial charge in [-0.1, -0.05) is 22.0 Å². The van der Waals surface area contributed by atoms with Crippen molar-refractivity contribution in [2.24, 2.45) is 0 Å². The van der Waals surface area contributed by atoms with E-state index in [-0.39, 0.29) is 16.1 Å². The molecule has 0 heterocycles. The molecule has 0 saturated heterocycles. The Balaban J connectivity index is 1.93. The molecule has 0 fully saturated rings. The summed E-state index contributed by atoms with van der Waals surface area (Å²) in [7, 11) is -1.20. The topological polar surface area (TPSA) is 57.7 Å². The van der Waals surface area contributed by atoms with Crippen LogP contribution >= 0.6 is 15.9 Å². The lowest BCUT2D eigenvalue weighted by Gasteiger charge is -2.21. The zero-order valence-corrected chi connectivity index (χ0v) is 18.4. The highest BCUT2D eigenvalue weighted by atomic mass is 79.9. The van der Waals surface area contributed by atoms with E-state index in [2.05, 4.69) is 15.9 Å². The van der Waals surface area contributed by atoms with E-state index in [1.54, 1.807) is 24.3 Å². The van der Waals surface area contributed by atoms with E-state index < -0.39 is 27.6 Å². The Kier molecular flexibility index (Phi) is 6.23. The first-order chi connectivity index (χ1) is 14.1. The Morgan fingerprint density at radius 3 is 2.23 bits per heavy atom. The van der Waals surface area contributed by atoms with Crippen molar-refractivity contribution in [3.05, 3.63) is 88.4 Å². The number of halogens is 3. The summed E-state index contributed by atoms with van der Waals surface area (Å²) >= 11 is 3.30. The second-order valence-electron chi connectivity index (χ2n) is 6.44. The zero-order valence-electron chi connectivity index (χ0n) is 16.0. The fraction of sp³-hybridized carbons (Fsp3) is 0.0952. The second kappa shape index (κ2) is 8.53. The number of amides is 1. The van der Waals surface area contributed by atoms with Crippen molar-refractivity contribution in [1.82, 2.24) is 0 Å². The van der Waals surface area contributed by atoms with E-state index in [4.69, 9.17) is 0 Å². The molecule has 30 heavy (non-hydrogen) atoms. The smallest absolute Gasteiger partial charge is 0.264 e. The molecule has 0 atom stereocenters. The van der Waals surface area contributed by atoms with Crippen LogP contribution in [0.3, 0.4) is 0 Å². The lowest BCUT2D eigenvalue weighted by atomic mass is 10.2. The third kappa shape index (κ3) is 4.36. The van der Waals surface area contributed by atoms with Gasteiger partial charge in [0.05, 0.1) is 16.3 Å². The second-order valence-corrected chi connectivity index (χ2v) is 9.32. The summed E-state index contributed by atoms with van der Waals surface area (Å²) in [6, 6.07) is 15.0. The summed E-state index contributed by atoms with van der Waals surface area (Å²) < 4.78 is 55.1. The van der Waals surface area contributed by atoms with Gasteiger partial charge in [0.25, 0.3) is 15.9 Å². The fourth-order valence-corrected chi connectivity index (χ4v) is 4.30. The summed E-state index contributed by atoms with van der Waals surface area (Å²) in [5, 5.41) is 0. The van der Waals surface area contributed by atoms with Crippen LogP contribution in [0.15, 0.2) is 76.1 Å². The summed E-state index contributed by atoms with van der Waals surface area (Å²) in [5.74, 6) is -2.30. The van der Waals surface area contributed by atoms with Crippen LogP contribution in [-0.4, -0.2) is 28.4 Å². The Labute approximate surface area is 181 Å². The molecular formula is C21H17BrF2N2O3S. The number of benzene rings is 3. The monoisotopic (exact) mass is 494 g/mol. The van der Waals surface area contributed by atoms with Gasteiger partial charge in [0.15, 0.2) is 0 Å². The SMILES string of the molecule is CN(C(=O)c1cccc(S(=O)(=O)N(C)c2ccc(Br)cc2)c1)c1ccc(F)cc1F. The zero-order chi connectivity index (χ0) is 22.1. The maximum atomic E-state index is 14.0.